The van der Waals surface area contributed by atoms with Gasteiger partial charge in [0.05, 0.1) is 29.2 Å². The van der Waals surface area contributed by atoms with Gasteiger partial charge in [0.2, 0.25) is 0 Å². The highest BCUT2D eigenvalue weighted by molar-refractivity contribution is 7.99. The Kier molecular flexibility index (Phi) is 11.3. The van der Waals surface area contributed by atoms with Crippen molar-refractivity contribution in [2.75, 3.05) is 28.4 Å². The summed E-state index contributed by atoms with van der Waals surface area (Å²) in [6, 6.07) is 10.1. The molecule has 0 aliphatic carbocycles. The van der Waals surface area contributed by atoms with E-state index in [9.17, 15) is 0 Å². The molecule has 0 amide bonds. The molecular weight excluding hydrogens is 502 g/mol. The van der Waals surface area contributed by atoms with Crippen molar-refractivity contribution in [1.29, 1.82) is 0 Å². The molecule has 2 aromatic carbocycles. The number of nitrogens with zero attached hydrogens (tertiary/aromatic N) is 1. The minimum Gasteiger partial charge on any atom is -0.492 e. The van der Waals surface area contributed by atoms with Crippen LogP contribution in [0.1, 0.15) is 58.6 Å². The first-order valence-corrected chi connectivity index (χ1v) is 14.0. The number of nitrogens with two attached hydrogens (primary N) is 2. The molecule has 2 rings (SSSR count). The lowest BCUT2D eigenvalue weighted by molar-refractivity contribution is 0.418. The Hall–Kier alpha value is -2.74. The molecule has 1 unspecified atom stereocenters. The molecule has 0 saturated carbocycles. The minimum absolute atomic E-state index is 0.0470. The van der Waals surface area contributed by atoms with Crippen molar-refractivity contribution < 1.29 is 4.74 Å². The van der Waals surface area contributed by atoms with E-state index in [4.69, 9.17) is 27.9 Å². The van der Waals surface area contributed by atoms with Gasteiger partial charge in [0.1, 0.15) is 0 Å². The van der Waals surface area contributed by atoms with Gasteiger partial charge >= 0.3 is 0 Å². The van der Waals surface area contributed by atoms with Gasteiger partial charge in [-0.15, -0.1) is 6.58 Å². The van der Waals surface area contributed by atoms with Crippen molar-refractivity contribution in [3.8, 4) is 5.75 Å². The van der Waals surface area contributed by atoms with Crippen molar-refractivity contribution in [3.05, 3.63) is 77.1 Å². The highest BCUT2D eigenvalue weighted by Crippen LogP contribution is 2.41. The van der Waals surface area contributed by atoms with Gasteiger partial charge in [-0.25, -0.2) is 5.84 Å². The maximum absolute atomic E-state index is 6.55. The molecule has 0 aromatic heterocycles. The molecule has 0 saturated heterocycles. The standard InChI is InChI=1S/C29H42ClN5OS/c1-9-11-19(3)23(31)18-35(32)27-15-20(13-14-22(27)30)24(12-10-2)33-25-16-21(29(4,5)6)17-26(34-37-8)28(25)36-7/h9,12-19,33-34H,1,10-11,31-32H2,2-8H3/b23-18-,24-12-. The second-order valence-corrected chi connectivity index (χ2v) is 11.0. The zero-order valence-corrected chi connectivity index (χ0v) is 24.7. The van der Waals surface area contributed by atoms with E-state index >= 15 is 0 Å². The number of hydrazine groups is 1. The Morgan fingerprint density at radius 3 is 2.49 bits per heavy atom. The van der Waals surface area contributed by atoms with Gasteiger partial charge in [-0.1, -0.05) is 76.4 Å². The second kappa shape index (κ2) is 13.7. The second-order valence-electron chi connectivity index (χ2n) is 9.94. The molecule has 0 aliphatic heterocycles. The summed E-state index contributed by atoms with van der Waals surface area (Å²) in [7, 11) is 1.68. The maximum atomic E-state index is 6.55. The van der Waals surface area contributed by atoms with Crippen LogP contribution in [0.4, 0.5) is 17.1 Å². The predicted molar refractivity (Wildman–Crippen MR) is 165 cm³/mol. The molecule has 0 fully saturated rings. The molecule has 2 aromatic rings. The average Bonchev–Trinajstić information content (AvgIpc) is 2.83. The van der Waals surface area contributed by atoms with E-state index in [0.717, 1.165) is 41.2 Å². The van der Waals surface area contributed by atoms with Crippen LogP contribution in [0, 0.1) is 5.92 Å². The van der Waals surface area contributed by atoms with Gasteiger partial charge in [0.25, 0.3) is 0 Å². The Labute approximate surface area is 232 Å². The van der Waals surface area contributed by atoms with Crippen LogP contribution in [-0.4, -0.2) is 13.4 Å². The van der Waals surface area contributed by atoms with Crippen LogP contribution in [0.3, 0.4) is 0 Å². The molecule has 8 heteroatoms. The molecule has 1 atom stereocenters. The van der Waals surface area contributed by atoms with Crippen LogP contribution >= 0.6 is 23.5 Å². The number of methoxy groups -OCH3 is 1. The number of nitrogens with one attached hydrogen (secondary N) is 2. The van der Waals surface area contributed by atoms with Crippen molar-refractivity contribution >= 4 is 46.3 Å². The highest BCUT2D eigenvalue weighted by Gasteiger charge is 2.21. The van der Waals surface area contributed by atoms with Gasteiger partial charge in [-0.3, -0.25) is 5.01 Å². The molecule has 202 valence electrons. The Morgan fingerprint density at radius 2 is 1.92 bits per heavy atom. The van der Waals surface area contributed by atoms with E-state index in [0.29, 0.717) is 16.4 Å². The molecule has 0 aliphatic rings. The van der Waals surface area contributed by atoms with Crippen LogP contribution in [0.2, 0.25) is 5.02 Å². The van der Waals surface area contributed by atoms with E-state index < -0.39 is 0 Å². The lowest BCUT2D eigenvalue weighted by atomic mass is 9.86. The minimum atomic E-state index is -0.0470. The summed E-state index contributed by atoms with van der Waals surface area (Å²) in [5, 5.41) is 5.63. The maximum Gasteiger partial charge on any atom is 0.166 e. The summed E-state index contributed by atoms with van der Waals surface area (Å²) in [6.07, 6.45) is 9.28. The molecule has 0 radical (unpaired) electrons. The van der Waals surface area contributed by atoms with Crippen LogP contribution in [0.5, 0.6) is 5.75 Å². The lowest BCUT2D eigenvalue weighted by Gasteiger charge is -2.25. The highest BCUT2D eigenvalue weighted by atomic mass is 35.5. The van der Waals surface area contributed by atoms with E-state index in [2.05, 4.69) is 62.5 Å². The summed E-state index contributed by atoms with van der Waals surface area (Å²) < 4.78 is 9.19. The van der Waals surface area contributed by atoms with Crippen molar-refractivity contribution in [3.63, 3.8) is 0 Å². The smallest absolute Gasteiger partial charge is 0.166 e. The average molecular weight is 544 g/mol. The monoisotopic (exact) mass is 543 g/mol. The summed E-state index contributed by atoms with van der Waals surface area (Å²) in [6.45, 7) is 14.5. The summed E-state index contributed by atoms with van der Waals surface area (Å²) in [4.78, 5) is 0. The number of benzene rings is 2. The molecule has 6 N–H and O–H groups in total. The number of halogens is 1. The first-order chi connectivity index (χ1) is 17.5. The van der Waals surface area contributed by atoms with Crippen molar-refractivity contribution in [2.24, 2.45) is 17.5 Å². The van der Waals surface area contributed by atoms with Crippen molar-refractivity contribution in [1.82, 2.24) is 0 Å². The fraction of sp³-hybridized carbons (Fsp3) is 0.379. The van der Waals surface area contributed by atoms with E-state index in [-0.39, 0.29) is 11.3 Å². The zero-order chi connectivity index (χ0) is 27.8. The van der Waals surface area contributed by atoms with E-state index in [1.54, 1.807) is 13.3 Å². The first kappa shape index (κ1) is 30.5. The van der Waals surface area contributed by atoms with Gasteiger partial charge < -0.3 is 20.5 Å². The predicted octanol–water partition coefficient (Wildman–Crippen LogP) is 7.89. The van der Waals surface area contributed by atoms with Crippen LogP contribution in [-0.2, 0) is 5.41 Å². The van der Waals surface area contributed by atoms with Gasteiger partial charge in [0, 0.05) is 29.8 Å². The molecule has 0 spiro atoms. The first-order valence-electron chi connectivity index (χ1n) is 12.4. The summed E-state index contributed by atoms with van der Waals surface area (Å²) in [5.74, 6) is 7.25. The summed E-state index contributed by atoms with van der Waals surface area (Å²) in [5.41, 5.74) is 12.3. The topological polar surface area (TPSA) is 88.6 Å². The number of allylic oxidation sites excluding steroid dienone is 3. The third kappa shape index (κ3) is 8.12. The van der Waals surface area contributed by atoms with Crippen LogP contribution in [0.15, 0.2) is 61.0 Å². The molecular formula is C29H42ClN5OS. The van der Waals surface area contributed by atoms with Gasteiger partial charge in [-0.2, -0.15) is 0 Å². The number of hydrogen-bond donors (Lipinski definition) is 4. The molecule has 37 heavy (non-hydrogen) atoms. The van der Waals surface area contributed by atoms with Crippen LogP contribution < -0.4 is 31.4 Å². The van der Waals surface area contributed by atoms with Gasteiger partial charge in [-0.05, 0) is 53.6 Å². The van der Waals surface area contributed by atoms with Crippen molar-refractivity contribution in [2.45, 2.75) is 52.9 Å². The Balaban J connectivity index is 2.56. The third-order valence-electron chi connectivity index (χ3n) is 5.96. The fourth-order valence-electron chi connectivity index (χ4n) is 3.77. The zero-order valence-electron chi connectivity index (χ0n) is 23.1. The summed E-state index contributed by atoms with van der Waals surface area (Å²) >= 11 is 8.08. The third-order valence-corrected chi connectivity index (χ3v) is 6.71. The lowest BCUT2D eigenvalue weighted by Crippen LogP contribution is -2.27. The number of hydrogen-bond acceptors (Lipinski definition) is 7. The van der Waals surface area contributed by atoms with Gasteiger partial charge in [0.15, 0.2) is 5.75 Å². The fourth-order valence-corrected chi connectivity index (χ4v) is 4.36. The number of rotatable bonds is 12. The largest absolute Gasteiger partial charge is 0.492 e. The normalized spacial score (nSPS) is 13.2. The molecule has 6 nitrogen and oxygen atoms in total. The molecule has 0 bridgehead atoms. The van der Waals surface area contributed by atoms with E-state index in [1.807, 2.05) is 37.5 Å². The molecule has 0 heterocycles. The number of ether oxygens (including phenoxy) is 1. The quantitative estimate of drug-likeness (QED) is 0.0936. The SMILES string of the molecule is C=CCC(C)/C(N)=C/N(N)c1cc(/C(=C/CC)Nc2cc(C(C)(C)C)cc(NSC)c2OC)ccc1Cl. The Bertz CT molecular complexity index is 1140. The van der Waals surface area contributed by atoms with E-state index in [1.165, 1.54) is 22.5 Å². The number of anilines is 3. The van der Waals surface area contributed by atoms with Crippen LogP contribution in [0.25, 0.3) is 5.70 Å². The Morgan fingerprint density at radius 1 is 1.24 bits per heavy atom.